The van der Waals surface area contributed by atoms with E-state index >= 15 is 0 Å². The highest BCUT2D eigenvalue weighted by molar-refractivity contribution is 7.92. The molecule has 1 aromatic heterocycles. The second kappa shape index (κ2) is 5.76. The van der Waals surface area contributed by atoms with Crippen LogP contribution >= 0.6 is 0 Å². The first-order valence-electron chi connectivity index (χ1n) is 8.10. The first-order chi connectivity index (χ1) is 11.9. The number of rotatable bonds is 3. The Morgan fingerprint density at radius 2 is 2.24 bits per heavy atom. The van der Waals surface area contributed by atoms with E-state index in [1.807, 2.05) is 4.57 Å². The summed E-state index contributed by atoms with van der Waals surface area (Å²) in [4.78, 5) is 15.7. The van der Waals surface area contributed by atoms with Crippen LogP contribution in [-0.4, -0.2) is 30.5 Å². The zero-order valence-electron chi connectivity index (χ0n) is 13.7. The molecule has 2 aromatic rings. The zero-order chi connectivity index (χ0) is 17.6. The van der Waals surface area contributed by atoms with E-state index < -0.39 is 10.0 Å². The number of hydrogen-bond donors (Lipinski definition) is 2. The van der Waals surface area contributed by atoms with E-state index in [9.17, 15) is 13.2 Å². The molecule has 0 saturated heterocycles. The van der Waals surface area contributed by atoms with Gasteiger partial charge in [-0.1, -0.05) is 6.07 Å². The molecule has 132 valence electrons. The van der Waals surface area contributed by atoms with Crippen LogP contribution in [0.25, 0.3) is 0 Å². The average Bonchev–Trinajstić information content (AvgIpc) is 3.01. The number of imidazole rings is 1. The first kappa shape index (κ1) is 15.9. The molecule has 25 heavy (non-hydrogen) atoms. The van der Waals surface area contributed by atoms with Crippen LogP contribution in [0.1, 0.15) is 31.6 Å². The van der Waals surface area contributed by atoms with Gasteiger partial charge in [0, 0.05) is 18.7 Å². The maximum atomic E-state index is 12.7. The van der Waals surface area contributed by atoms with Gasteiger partial charge in [0.1, 0.15) is 5.82 Å². The average molecular weight is 362 g/mol. The number of sulfonamides is 1. The molecule has 0 saturated carbocycles. The third-order valence-electron chi connectivity index (χ3n) is 4.44. The summed E-state index contributed by atoms with van der Waals surface area (Å²) in [6.07, 6.45) is 4.37. The summed E-state index contributed by atoms with van der Waals surface area (Å²) in [6.45, 7) is 1.90. The Balaban J connectivity index is 1.67. The van der Waals surface area contributed by atoms with Gasteiger partial charge in [-0.05, 0) is 31.9 Å². The maximum Gasteiger partial charge on any atom is 0.281 e. The number of nitrogens with one attached hydrogen (secondary N) is 2. The van der Waals surface area contributed by atoms with Crippen molar-refractivity contribution >= 4 is 27.3 Å². The fourth-order valence-corrected chi connectivity index (χ4v) is 4.22. The second-order valence-electron chi connectivity index (χ2n) is 6.27. The normalized spacial score (nSPS) is 19.4. The number of amides is 1. The van der Waals surface area contributed by atoms with E-state index in [4.69, 9.17) is 4.74 Å². The van der Waals surface area contributed by atoms with Crippen LogP contribution < -0.4 is 14.8 Å². The zero-order valence-corrected chi connectivity index (χ0v) is 14.5. The Kier molecular flexibility index (Phi) is 3.68. The molecule has 4 rings (SSSR count). The van der Waals surface area contributed by atoms with Gasteiger partial charge in [0.05, 0.1) is 11.4 Å². The van der Waals surface area contributed by atoms with Crippen molar-refractivity contribution in [2.24, 2.45) is 0 Å². The molecule has 0 spiro atoms. The summed E-state index contributed by atoms with van der Waals surface area (Å²) < 4.78 is 35.3. The van der Waals surface area contributed by atoms with Gasteiger partial charge in [0.2, 0.25) is 0 Å². The molecule has 1 amide bonds. The SMILES string of the molecule is CC1CCCc2nc(S(=O)(=O)Nc3cccc4c3OCC(=O)N4)cn21. The Hall–Kier alpha value is -2.55. The van der Waals surface area contributed by atoms with Crippen molar-refractivity contribution in [3.8, 4) is 5.75 Å². The minimum Gasteiger partial charge on any atom is -0.479 e. The second-order valence-corrected chi connectivity index (χ2v) is 7.90. The summed E-state index contributed by atoms with van der Waals surface area (Å²) >= 11 is 0. The van der Waals surface area contributed by atoms with Gasteiger partial charge in [0.15, 0.2) is 17.4 Å². The molecule has 0 radical (unpaired) electrons. The summed E-state index contributed by atoms with van der Waals surface area (Å²) in [5.74, 6) is 0.823. The molecule has 0 aliphatic carbocycles. The molecule has 2 N–H and O–H groups in total. The third kappa shape index (κ3) is 2.84. The summed E-state index contributed by atoms with van der Waals surface area (Å²) in [5.41, 5.74) is 0.714. The van der Waals surface area contributed by atoms with Crippen molar-refractivity contribution < 1.29 is 17.9 Å². The van der Waals surface area contributed by atoms with Gasteiger partial charge in [-0.15, -0.1) is 0 Å². The highest BCUT2D eigenvalue weighted by Gasteiger charge is 2.27. The van der Waals surface area contributed by atoms with Crippen LogP contribution in [0.4, 0.5) is 11.4 Å². The van der Waals surface area contributed by atoms with E-state index in [1.165, 1.54) is 0 Å². The van der Waals surface area contributed by atoms with E-state index in [0.717, 1.165) is 25.1 Å². The summed E-state index contributed by atoms with van der Waals surface area (Å²) in [7, 11) is -3.85. The van der Waals surface area contributed by atoms with Crippen LogP contribution in [-0.2, 0) is 21.2 Å². The number of carbonyl (C=O) groups is 1. The molecular weight excluding hydrogens is 344 g/mol. The number of para-hydroxylation sites is 1. The van der Waals surface area contributed by atoms with Gasteiger partial charge < -0.3 is 14.6 Å². The lowest BCUT2D eigenvalue weighted by Gasteiger charge is -2.21. The number of anilines is 2. The van der Waals surface area contributed by atoms with Crippen molar-refractivity contribution in [1.29, 1.82) is 0 Å². The smallest absolute Gasteiger partial charge is 0.281 e. The van der Waals surface area contributed by atoms with E-state index in [2.05, 4.69) is 21.9 Å². The summed E-state index contributed by atoms with van der Waals surface area (Å²) in [5, 5.41) is 2.65. The molecule has 1 atom stereocenters. The molecule has 2 aliphatic rings. The van der Waals surface area contributed by atoms with Crippen LogP contribution in [0.5, 0.6) is 5.75 Å². The Morgan fingerprint density at radius 3 is 3.04 bits per heavy atom. The number of ether oxygens (including phenoxy) is 1. The Morgan fingerprint density at radius 1 is 1.40 bits per heavy atom. The van der Waals surface area contributed by atoms with Gasteiger partial charge >= 0.3 is 0 Å². The standard InChI is InChI=1S/C16H18N4O4S/c1-10-4-2-7-13-18-15(8-20(10)13)25(22,23)19-12-6-3-5-11-16(12)24-9-14(21)17-11/h3,5-6,8,10,19H,2,4,7,9H2,1H3,(H,17,21). The minimum atomic E-state index is -3.85. The quantitative estimate of drug-likeness (QED) is 0.868. The van der Waals surface area contributed by atoms with E-state index in [-0.39, 0.29) is 29.3 Å². The molecule has 0 fully saturated rings. The number of aryl methyl sites for hydroxylation is 1. The predicted molar refractivity (Wildman–Crippen MR) is 91.3 cm³/mol. The lowest BCUT2D eigenvalue weighted by atomic mass is 10.1. The molecule has 0 bridgehead atoms. The van der Waals surface area contributed by atoms with Gasteiger partial charge in [-0.3, -0.25) is 9.52 Å². The minimum absolute atomic E-state index is 0.00584. The van der Waals surface area contributed by atoms with Crippen LogP contribution in [0.15, 0.2) is 29.4 Å². The van der Waals surface area contributed by atoms with E-state index in [0.29, 0.717) is 11.4 Å². The first-order valence-corrected chi connectivity index (χ1v) is 9.58. The number of hydrogen-bond acceptors (Lipinski definition) is 5. The van der Waals surface area contributed by atoms with Crippen molar-refractivity contribution in [3.63, 3.8) is 0 Å². The fraction of sp³-hybridized carbons (Fsp3) is 0.375. The van der Waals surface area contributed by atoms with Gasteiger partial charge in [-0.25, -0.2) is 4.98 Å². The predicted octanol–water partition coefficient (Wildman–Crippen LogP) is 1.91. The molecule has 9 heteroatoms. The lowest BCUT2D eigenvalue weighted by molar-refractivity contribution is -0.118. The van der Waals surface area contributed by atoms with Crippen LogP contribution in [0, 0.1) is 0 Å². The Bertz CT molecular complexity index is 951. The number of aromatic nitrogens is 2. The monoisotopic (exact) mass is 362 g/mol. The maximum absolute atomic E-state index is 12.7. The number of fused-ring (bicyclic) bond motifs is 2. The number of nitrogens with zero attached hydrogens (tertiary/aromatic N) is 2. The summed E-state index contributed by atoms with van der Waals surface area (Å²) in [6, 6.07) is 5.13. The van der Waals surface area contributed by atoms with Crippen LogP contribution in [0.2, 0.25) is 0 Å². The van der Waals surface area contributed by atoms with Crippen molar-refractivity contribution in [2.75, 3.05) is 16.6 Å². The van der Waals surface area contributed by atoms with Crippen molar-refractivity contribution in [1.82, 2.24) is 9.55 Å². The van der Waals surface area contributed by atoms with E-state index in [1.54, 1.807) is 24.4 Å². The number of benzene rings is 1. The third-order valence-corrected chi connectivity index (χ3v) is 5.68. The topological polar surface area (TPSA) is 102 Å². The molecule has 1 unspecified atom stereocenters. The molecule has 2 aliphatic heterocycles. The molecule has 3 heterocycles. The van der Waals surface area contributed by atoms with Crippen molar-refractivity contribution in [3.05, 3.63) is 30.2 Å². The van der Waals surface area contributed by atoms with Crippen molar-refractivity contribution in [2.45, 2.75) is 37.3 Å². The molecule has 1 aromatic carbocycles. The largest absolute Gasteiger partial charge is 0.479 e. The highest BCUT2D eigenvalue weighted by atomic mass is 32.2. The van der Waals surface area contributed by atoms with Gasteiger partial charge in [0.25, 0.3) is 15.9 Å². The molecular formula is C16H18N4O4S. The lowest BCUT2D eigenvalue weighted by Crippen LogP contribution is -2.26. The van der Waals surface area contributed by atoms with Crippen LogP contribution in [0.3, 0.4) is 0 Å². The molecule has 8 nitrogen and oxygen atoms in total. The fourth-order valence-electron chi connectivity index (χ4n) is 3.19. The number of carbonyl (C=O) groups excluding carboxylic acids is 1. The van der Waals surface area contributed by atoms with Gasteiger partial charge in [-0.2, -0.15) is 8.42 Å². The Labute approximate surface area is 145 Å². The highest BCUT2D eigenvalue weighted by Crippen LogP contribution is 2.36.